The highest BCUT2D eigenvalue weighted by molar-refractivity contribution is 6.32. The maximum absolute atomic E-state index is 10.8. The lowest BCUT2D eigenvalue weighted by Gasteiger charge is -2.13. The Morgan fingerprint density at radius 1 is 1.43 bits per heavy atom. The molecule has 0 aromatic heterocycles. The molecule has 6 heteroatoms. The molecule has 14 heavy (non-hydrogen) atoms. The molecule has 1 atom stereocenters. The van der Waals surface area contributed by atoms with E-state index in [4.69, 9.17) is 0 Å². The highest BCUT2D eigenvalue weighted by Crippen LogP contribution is 2.14. The fraction of sp³-hybridized carbons (Fsp3) is 0.125. The van der Waals surface area contributed by atoms with Crippen molar-refractivity contribution in [1.82, 2.24) is 0 Å². The van der Waals surface area contributed by atoms with Gasteiger partial charge >= 0.3 is 0 Å². The number of rotatable bonds is 1. The van der Waals surface area contributed by atoms with Gasteiger partial charge in [0, 0.05) is 12.2 Å². The van der Waals surface area contributed by atoms with Crippen LogP contribution in [0.2, 0.25) is 0 Å². The van der Waals surface area contributed by atoms with E-state index in [-0.39, 0.29) is 5.70 Å². The predicted molar refractivity (Wildman–Crippen MR) is 48.9 cm³/mol. The number of nitro groups is 1. The van der Waals surface area contributed by atoms with Crippen molar-refractivity contribution in [2.45, 2.75) is 6.04 Å². The third-order valence-electron chi connectivity index (χ3n) is 1.85. The van der Waals surface area contributed by atoms with Gasteiger partial charge in [0.2, 0.25) is 0 Å². The molecule has 2 aliphatic rings. The van der Waals surface area contributed by atoms with Gasteiger partial charge in [0.1, 0.15) is 6.04 Å². The van der Waals surface area contributed by atoms with Gasteiger partial charge in [-0.1, -0.05) is 0 Å². The van der Waals surface area contributed by atoms with Crippen LogP contribution in [-0.2, 0) is 4.79 Å². The van der Waals surface area contributed by atoms with Gasteiger partial charge in [-0.15, -0.1) is 0 Å². The summed E-state index contributed by atoms with van der Waals surface area (Å²) in [7, 11) is 0. The summed E-state index contributed by atoms with van der Waals surface area (Å²) in [5, 5.41) is 10.4. The number of amides is 1. The number of nitrogens with zero attached hydrogens (tertiary/aromatic N) is 3. The van der Waals surface area contributed by atoms with Crippen LogP contribution in [0.3, 0.4) is 0 Å². The van der Waals surface area contributed by atoms with Crippen molar-refractivity contribution in [1.29, 1.82) is 0 Å². The lowest BCUT2D eigenvalue weighted by atomic mass is 10.0. The summed E-state index contributed by atoms with van der Waals surface area (Å²) < 4.78 is 0. The van der Waals surface area contributed by atoms with Crippen molar-refractivity contribution in [3.63, 3.8) is 0 Å². The van der Waals surface area contributed by atoms with Crippen LogP contribution in [0.15, 0.2) is 33.9 Å². The molecule has 1 aliphatic carbocycles. The minimum absolute atomic E-state index is 0.0274. The van der Waals surface area contributed by atoms with Crippen LogP contribution < -0.4 is 0 Å². The maximum atomic E-state index is 10.8. The monoisotopic (exact) mass is 191 g/mol. The average Bonchev–Trinajstić information content (AvgIpc) is 2.16. The summed E-state index contributed by atoms with van der Waals surface area (Å²) in [5.74, 6) is -0.432. The molecular formula is C8H5N3O3. The smallest absolute Gasteiger partial charge is 0.273 e. The van der Waals surface area contributed by atoms with Gasteiger partial charge in [-0.05, 0) is 6.08 Å². The molecule has 6 nitrogen and oxygen atoms in total. The number of hydrogen-bond donors (Lipinski definition) is 0. The number of hydrogen-bond acceptors (Lipinski definition) is 4. The van der Waals surface area contributed by atoms with Crippen molar-refractivity contribution in [3.05, 3.63) is 34.0 Å². The minimum Gasteiger partial charge on any atom is -0.273 e. The van der Waals surface area contributed by atoms with Crippen molar-refractivity contribution in [2.24, 2.45) is 9.98 Å². The lowest BCUT2D eigenvalue weighted by Crippen LogP contribution is -2.25. The van der Waals surface area contributed by atoms with Gasteiger partial charge in [-0.3, -0.25) is 19.9 Å². The Morgan fingerprint density at radius 2 is 2.21 bits per heavy atom. The first kappa shape index (κ1) is 8.49. The Morgan fingerprint density at radius 3 is 2.93 bits per heavy atom. The van der Waals surface area contributed by atoms with E-state index in [1.54, 1.807) is 0 Å². The van der Waals surface area contributed by atoms with E-state index in [9.17, 15) is 14.9 Å². The van der Waals surface area contributed by atoms with Crippen molar-refractivity contribution in [3.8, 4) is 0 Å². The topological polar surface area (TPSA) is 84.9 Å². The maximum Gasteiger partial charge on any atom is 0.288 e. The molecule has 0 saturated heterocycles. The molecule has 1 aliphatic heterocycles. The van der Waals surface area contributed by atoms with Crippen molar-refractivity contribution < 1.29 is 9.72 Å². The third-order valence-corrected chi connectivity index (χ3v) is 1.85. The molecule has 0 saturated carbocycles. The van der Waals surface area contributed by atoms with E-state index in [0.29, 0.717) is 5.71 Å². The SMILES string of the molecule is O=C1C=NC2C=C([N+](=O)[O-])C=CC2=N1. The predicted octanol–water partition coefficient (Wildman–Crippen LogP) is 0.137. The first-order valence-corrected chi connectivity index (χ1v) is 3.87. The molecule has 0 aromatic rings. The van der Waals surface area contributed by atoms with Crippen LogP contribution in [0.5, 0.6) is 0 Å². The third kappa shape index (κ3) is 1.37. The molecule has 70 valence electrons. The summed E-state index contributed by atoms with van der Waals surface area (Å²) in [6, 6.07) is -0.488. The van der Waals surface area contributed by atoms with E-state index in [1.165, 1.54) is 18.2 Å². The molecule has 1 heterocycles. The molecule has 0 fully saturated rings. The summed E-state index contributed by atoms with van der Waals surface area (Å²) in [6.07, 6.45) is 5.18. The molecule has 0 aromatic carbocycles. The van der Waals surface area contributed by atoms with Crippen molar-refractivity contribution >= 4 is 17.8 Å². The number of fused-ring (bicyclic) bond motifs is 1. The second-order valence-electron chi connectivity index (χ2n) is 2.78. The Bertz CT molecular complexity index is 431. The highest BCUT2D eigenvalue weighted by atomic mass is 16.6. The Hall–Kier alpha value is -2.11. The van der Waals surface area contributed by atoms with Gasteiger partial charge in [-0.25, -0.2) is 4.99 Å². The summed E-state index contributed by atoms with van der Waals surface area (Å²) in [4.78, 5) is 28.2. The Labute approximate surface area is 78.5 Å². The van der Waals surface area contributed by atoms with Crippen molar-refractivity contribution in [2.75, 3.05) is 0 Å². The number of allylic oxidation sites excluding steroid dienone is 1. The number of carbonyl (C=O) groups is 1. The highest BCUT2D eigenvalue weighted by Gasteiger charge is 2.23. The van der Waals surface area contributed by atoms with E-state index in [0.717, 1.165) is 6.21 Å². The molecule has 0 bridgehead atoms. The lowest BCUT2D eigenvalue weighted by molar-refractivity contribution is -0.419. The van der Waals surface area contributed by atoms with E-state index >= 15 is 0 Å². The molecule has 1 amide bonds. The second kappa shape index (κ2) is 2.99. The van der Waals surface area contributed by atoms with Crippen LogP contribution in [0.1, 0.15) is 0 Å². The molecule has 0 N–H and O–H groups in total. The number of carbonyl (C=O) groups excluding carboxylic acids is 1. The summed E-state index contributed by atoms with van der Waals surface area (Å²) >= 11 is 0. The van der Waals surface area contributed by atoms with Gasteiger partial charge < -0.3 is 0 Å². The van der Waals surface area contributed by atoms with E-state index in [2.05, 4.69) is 9.98 Å². The van der Waals surface area contributed by atoms with Crippen LogP contribution in [0.4, 0.5) is 0 Å². The van der Waals surface area contributed by atoms with Crippen LogP contribution in [0.25, 0.3) is 0 Å². The van der Waals surface area contributed by atoms with Gasteiger partial charge in [0.25, 0.3) is 11.6 Å². The van der Waals surface area contributed by atoms with Crippen LogP contribution in [-0.4, -0.2) is 28.8 Å². The fourth-order valence-corrected chi connectivity index (χ4v) is 1.22. The number of aliphatic imine (C=N–C) groups is 2. The standard InChI is InChI=1S/C8H5N3O3/c12-8-4-9-7-3-5(11(13)14)1-2-6(7)10-8/h1-4,7H. The average molecular weight is 191 g/mol. The van der Waals surface area contributed by atoms with Crippen LogP contribution >= 0.6 is 0 Å². The zero-order chi connectivity index (χ0) is 10.1. The minimum atomic E-state index is -0.501. The first-order chi connectivity index (χ1) is 6.66. The zero-order valence-corrected chi connectivity index (χ0v) is 6.95. The zero-order valence-electron chi connectivity index (χ0n) is 6.95. The van der Waals surface area contributed by atoms with Gasteiger partial charge in [0.15, 0.2) is 0 Å². The quantitative estimate of drug-likeness (QED) is 0.436. The molecular weight excluding hydrogens is 186 g/mol. The largest absolute Gasteiger partial charge is 0.288 e. The van der Waals surface area contributed by atoms with Crippen LogP contribution in [0, 0.1) is 10.1 Å². The molecule has 1 unspecified atom stereocenters. The van der Waals surface area contributed by atoms with E-state index < -0.39 is 16.9 Å². The Kier molecular flexibility index (Phi) is 1.81. The van der Waals surface area contributed by atoms with Gasteiger partial charge in [-0.2, -0.15) is 0 Å². The van der Waals surface area contributed by atoms with Gasteiger partial charge in [0.05, 0.1) is 16.8 Å². The fourth-order valence-electron chi connectivity index (χ4n) is 1.22. The summed E-state index contributed by atoms with van der Waals surface area (Å²) in [6.45, 7) is 0. The Balaban J connectivity index is 2.35. The molecule has 2 rings (SSSR count). The second-order valence-corrected chi connectivity index (χ2v) is 2.78. The molecule has 0 spiro atoms. The summed E-state index contributed by atoms with van der Waals surface area (Å²) in [5.41, 5.74) is 0.420. The van der Waals surface area contributed by atoms with E-state index in [1.807, 2.05) is 0 Å². The normalized spacial score (nSPS) is 24.0. The molecule has 0 radical (unpaired) electrons. The first-order valence-electron chi connectivity index (χ1n) is 3.87.